The molecular formula is C10H15ClN2O2S2. The first-order valence-electron chi connectivity index (χ1n) is 5.43. The van der Waals surface area contributed by atoms with Gasteiger partial charge in [0.25, 0.3) is 10.0 Å². The first-order chi connectivity index (χ1) is 7.81. The molecule has 0 amide bonds. The van der Waals surface area contributed by atoms with Crippen LogP contribution >= 0.6 is 22.9 Å². The van der Waals surface area contributed by atoms with E-state index in [9.17, 15) is 8.42 Å². The molecule has 0 unspecified atom stereocenters. The fourth-order valence-corrected chi connectivity index (χ4v) is 5.18. The highest BCUT2D eigenvalue weighted by atomic mass is 35.5. The summed E-state index contributed by atoms with van der Waals surface area (Å²) in [5.74, 6) is 0. The van der Waals surface area contributed by atoms with Gasteiger partial charge in [0.2, 0.25) is 0 Å². The maximum atomic E-state index is 12.3. The summed E-state index contributed by atoms with van der Waals surface area (Å²) >= 11 is 6.70. The maximum Gasteiger partial charge on any atom is 0.254 e. The van der Waals surface area contributed by atoms with Crippen LogP contribution in [0.15, 0.2) is 10.4 Å². The van der Waals surface area contributed by atoms with Crippen molar-refractivity contribution in [2.45, 2.75) is 30.9 Å². The number of rotatable bonds is 2. The summed E-state index contributed by atoms with van der Waals surface area (Å²) in [5, 5.41) is 0. The Bertz CT molecular complexity index is 510. The van der Waals surface area contributed by atoms with Gasteiger partial charge in [0.05, 0.1) is 6.20 Å². The molecule has 2 heterocycles. The molecule has 4 nitrogen and oxygen atoms in total. The van der Waals surface area contributed by atoms with Gasteiger partial charge in [-0.3, -0.25) is 0 Å². The number of aromatic nitrogens is 1. The highest BCUT2D eigenvalue weighted by Crippen LogP contribution is 2.33. The Balaban J connectivity index is 2.27. The molecule has 1 saturated heterocycles. The molecule has 1 aliphatic rings. The molecule has 0 aromatic carbocycles. The molecule has 0 atom stereocenters. The van der Waals surface area contributed by atoms with Crippen molar-refractivity contribution >= 4 is 33.0 Å². The van der Waals surface area contributed by atoms with Gasteiger partial charge in [0.15, 0.2) is 8.68 Å². The number of nitrogens with zero attached hydrogens (tertiary/aromatic N) is 2. The molecule has 96 valence electrons. The second-order valence-corrected chi connectivity index (χ2v) is 8.82. The van der Waals surface area contributed by atoms with Crippen molar-refractivity contribution in [3.8, 4) is 0 Å². The van der Waals surface area contributed by atoms with E-state index in [1.807, 2.05) is 0 Å². The molecule has 0 aliphatic carbocycles. The smallest absolute Gasteiger partial charge is 0.232 e. The Kier molecular flexibility index (Phi) is 3.51. The van der Waals surface area contributed by atoms with E-state index in [1.165, 1.54) is 6.20 Å². The minimum atomic E-state index is -3.41. The average Bonchev–Trinajstić information content (AvgIpc) is 2.64. The van der Waals surface area contributed by atoms with E-state index >= 15 is 0 Å². The molecule has 7 heteroatoms. The van der Waals surface area contributed by atoms with E-state index in [4.69, 9.17) is 11.6 Å². The van der Waals surface area contributed by atoms with E-state index in [2.05, 4.69) is 18.8 Å². The molecule has 0 radical (unpaired) electrons. The second-order valence-electron chi connectivity index (χ2n) is 5.04. The number of halogens is 1. The van der Waals surface area contributed by atoms with Crippen LogP contribution in [-0.4, -0.2) is 30.8 Å². The van der Waals surface area contributed by atoms with Crippen LogP contribution in [0.1, 0.15) is 26.7 Å². The van der Waals surface area contributed by atoms with Crippen LogP contribution in [0, 0.1) is 5.41 Å². The zero-order chi connectivity index (χ0) is 12.7. The number of sulfonamides is 1. The van der Waals surface area contributed by atoms with Crippen LogP contribution in [-0.2, 0) is 10.0 Å². The summed E-state index contributed by atoms with van der Waals surface area (Å²) in [7, 11) is -3.41. The SMILES string of the molecule is CC1(C)CCCN(S(=O)(=O)c2cnc(Cl)s2)C1. The lowest BCUT2D eigenvalue weighted by Gasteiger charge is -2.36. The fourth-order valence-electron chi connectivity index (χ4n) is 2.06. The van der Waals surface area contributed by atoms with Crippen LogP contribution in [0.3, 0.4) is 0 Å². The third kappa shape index (κ3) is 2.81. The topological polar surface area (TPSA) is 50.3 Å². The predicted octanol–water partition coefficient (Wildman–Crippen LogP) is 2.61. The van der Waals surface area contributed by atoms with Crippen molar-refractivity contribution in [2.24, 2.45) is 5.41 Å². The molecule has 0 saturated carbocycles. The molecule has 0 spiro atoms. The number of thiazole rings is 1. The van der Waals surface area contributed by atoms with E-state index in [-0.39, 0.29) is 14.1 Å². The van der Waals surface area contributed by atoms with Gasteiger partial charge >= 0.3 is 0 Å². The molecule has 1 fully saturated rings. The van der Waals surface area contributed by atoms with Crippen molar-refractivity contribution in [3.63, 3.8) is 0 Å². The number of piperidine rings is 1. The van der Waals surface area contributed by atoms with Crippen LogP contribution in [0.4, 0.5) is 0 Å². The Labute approximate surface area is 111 Å². The Morgan fingerprint density at radius 1 is 1.53 bits per heavy atom. The predicted molar refractivity (Wildman–Crippen MR) is 68.9 cm³/mol. The first kappa shape index (κ1) is 13.3. The standard InChI is InChI=1S/C10H15ClN2O2S2/c1-10(2)4-3-5-13(7-10)17(14,15)8-6-12-9(11)16-8/h6H,3-5,7H2,1-2H3. The third-order valence-electron chi connectivity index (χ3n) is 2.92. The van der Waals surface area contributed by atoms with Gasteiger partial charge in [0, 0.05) is 13.1 Å². The van der Waals surface area contributed by atoms with Crippen molar-refractivity contribution in [1.82, 2.24) is 9.29 Å². The monoisotopic (exact) mass is 294 g/mol. The number of hydrogen-bond acceptors (Lipinski definition) is 4. The molecular weight excluding hydrogens is 280 g/mol. The van der Waals surface area contributed by atoms with Crippen LogP contribution in [0.25, 0.3) is 0 Å². The van der Waals surface area contributed by atoms with Crippen molar-refractivity contribution in [1.29, 1.82) is 0 Å². The summed E-state index contributed by atoms with van der Waals surface area (Å²) < 4.78 is 26.7. The van der Waals surface area contributed by atoms with Crippen LogP contribution in [0.5, 0.6) is 0 Å². The number of hydrogen-bond donors (Lipinski definition) is 0. The summed E-state index contributed by atoms with van der Waals surface area (Å²) in [6.07, 6.45) is 3.30. The molecule has 1 aliphatic heterocycles. The maximum absolute atomic E-state index is 12.3. The van der Waals surface area contributed by atoms with Gasteiger partial charge in [0.1, 0.15) is 0 Å². The van der Waals surface area contributed by atoms with Gasteiger partial charge in [-0.15, -0.1) is 0 Å². The van der Waals surface area contributed by atoms with Gasteiger partial charge in [-0.2, -0.15) is 4.31 Å². The minimum absolute atomic E-state index is 0.0415. The van der Waals surface area contributed by atoms with E-state index in [0.717, 1.165) is 24.2 Å². The zero-order valence-corrected chi connectivity index (χ0v) is 12.2. The van der Waals surface area contributed by atoms with Gasteiger partial charge in [-0.25, -0.2) is 13.4 Å². The summed E-state index contributed by atoms with van der Waals surface area (Å²) in [6.45, 7) is 5.33. The first-order valence-corrected chi connectivity index (χ1v) is 8.06. The summed E-state index contributed by atoms with van der Waals surface area (Å²) in [6, 6.07) is 0. The van der Waals surface area contributed by atoms with Crippen LogP contribution < -0.4 is 0 Å². The largest absolute Gasteiger partial charge is 0.254 e. The second kappa shape index (κ2) is 4.50. The van der Waals surface area contributed by atoms with E-state index < -0.39 is 10.0 Å². The Morgan fingerprint density at radius 3 is 2.76 bits per heavy atom. The molecule has 1 aromatic heterocycles. The third-order valence-corrected chi connectivity index (χ3v) is 6.31. The van der Waals surface area contributed by atoms with E-state index in [0.29, 0.717) is 13.1 Å². The highest BCUT2D eigenvalue weighted by Gasteiger charge is 2.35. The normalized spacial score (nSPS) is 21.6. The van der Waals surface area contributed by atoms with Crippen LogP contribution in [0.2, 0.25) is 4.47 Å². The minimum Gasteiger partial charge on any atom is -0.232 e. The Hall–Kier alpha value is -0.170. The lowest BCUT2D eigenvalue weighted by molar-refractivity contribution is 0.187. The summed E-state index contributed by atoms with van der Waals surface area (Å²) in [5.41, 5.74) is 0.0415. The highest BCUT2D eigenvalue weighted by molar-refractivity contribution is 7.91. The van der Waals surface area contributed by atoms with Crippen molar-refractivity contribution in [2.75, 3.05) is 13.1 Å². The molecule has 0 bridgehead atoms. The quantitative estimate of drug-likeness (QED) is 0.842. The lowest BCUT2D eigenvalue weighted by atomic mass is 9.85. The van der Waals surface area contributed by atoms with Gasteiger partial charge in [-0.05, 0) is 18.3 Å². The van der Waals surface area contributed by atoms with E-state index in [1.54, 1.807) is 4.31 Å². The molecule has 2 rings (SSSR count). The lowest BCUT2D eigenvalue weighted by Crippen LogP contribution is -2.43. The average molecular weight is 295 g/mol. The molecule has 1 aromatic rings. The Morgan fingerprint density at radius 2 is 2.24 bits per heavy atom. The van der Waals surface area contributed by atoms with Crippen molar-refractivity contribution in [3.05, 3.63) is 10.7 Å². The van der Waals surface area contributed by atoms with Crippen molar-refractivity contribution < 1.29 is 8.42 Å². The zero-order valence-electron chi connectivity index (χ0n) is 9.81. The van der Waals surface area contributed by atoms with Gasteiger partial charge in [-0.1, -0.05) is 36.8 Å². The van der Waals surface area contributed by atoms with Gasteiger partial charge < -0.3 is 0 Å². The molecule has 17 heavy (non-hydrogen) atoms. The summed E-state index contributed by atoms with van der Waals surface area (Å²) in [4.78, 5) is 3.79. The fraction of sp³-hybridized carbons (Fsp3) is 0.700. The molecule has 0 N–H and O–H groups in total.